The summed E-state index contributed by atoms with van der Waals surface area (Å²) in [7, 11) is 0. The molecule has 76 valence electrons. The van der Waals surface area contributed by atoms with Crippen LogP contribution in [0, 0.1) is 6.92 Å². The molecule has 0 atom stereocenters. The first-order valence-electron chi connectivity index (χ1n) is 4.40. The monoisotopic (exact) mass is 203 g/mol. The Hall–Kier alpha value is -2.17. The number of benzene rings is 1. The molecular formula is C10H9N3O2. The first-order chi connectivity index (χ1) is 7.24. The van der Waals surface area contributed by atoms with Gasteiger partial charge in [-0.05, 0) is 19.1 Å². The molecule has 0 radical (unpaired) electrons. The second kappa shape index (κ2) is 3.53. The van der Waals surface area contributed by atoms with Crippen molar-refractivity contribution in [3.05, 3.63) is 35.7 Å². The molecule has 0 aliphatic rings. The highest BCUT2D eigenvalue weighted by molar-refractivity contribution is 5.73. The number of hydrogen-bond acceptors (Lipinski definition) is 4. The number of carbonyl (C=O) groups excluding carboxylic acids is 1. The number of aromatic hydroxyl groups is 1. The van der Waals surface area contributed by atoms with Crippen molar-refractivity contribution in [1.82, 2.24) is 15.0 Å². The maximum Gasteiger partial charge on any atom is 0.172 e. The average molecular weight is 203 g/mol. The second-order valence-electron chi connectivity index (χ2n) is 3.08. The van der Waals surface area contributed by atoms with E-state index in [-0.39, 0.29) is 11.4 Å². The van der Waals surface area contributed by atoms with Crippen molar-refractivity contribution in [3.8, 4) is 11.4 Å². The minimum Gasteiger partial charge on any atom is -0.506 e. The van der Waals surface area contributed by atoms with Gasteiger partial charge < -0.3 is 5.11 Å². The topological polar surface area (TPSA) is 68.0 Å². The molecule has 0 aliphatic heterocycles. The summed E-state index contributed by atoms with van der Waals surface area (Å²) >= 11 is 0. The second-order valence-corrected chi connectivity index (χ2v) is 3.08. The fourth-order valence-corrected chi connectivity index (χ4v) is 1.32. The number of hydrogen-bond donors (Lipinski definition) is 1. The number of phenolic OH excluding ortho intramolecular Hbond substituents is 1. The Balaban J connectivity index is 2.59. The van der Waals surface area contributed by atoms with E-state index in [2.05, 4.69) is 10.3 Å². The molecule has 1 aromatic carbocycles. The van der Waals surface area contributed by atoms with E-state index >= 15 is 0 Å². The van der Waals surface area contributed by atoms with Gasteiger partial charge in [0.05, 0.1) is 5.69 Å². The highest BCUT2D eigenvalue weighted by Crippen LogP contribution is 2.21. The SMILES string of the molecule is Cc1c(C=O)nnn1-c1ccccc1O. The Morgan fingerprint density at radius 1 is 1.40 bits per heavy atom. The highest BCUT2D eigenvalue weighted by atomic mass is 16.3. The van der Waals surface area contributed by atoms with Crippen LogP contribution in [0.4, 0.5) is 0 Å². The van der Waals surface area contributed by atoms with E-state index in [4.69, 9.17) is 0 Å². The standard InChI is InChI=1S/C10H9N3O2/c1-7-8(6-14)11-12-13(7)9-4-2-3-5-10(9)15/h2-6,15H,1H3. The van der Waals surface area contributed by atoms with Crippen LogP contribution in [0.25, 0.3) is 5.69 Å². The minimum absolute atomic E-state index is 0.1000. The van der Waals surface area contributed by atoms with Crippen molar-refractivity contribution >= 4 is 6.29 Å². The molecule has 5 heteroatoms. The van der Waals surface area contributed by atoms with Crippen LogP contribution in [-0.4, -0.2) is 26.4 Å². The summed E-state index contributed by atoms with van der Waals surface area (Å²) in [5.74, 6) is 0.1000. The molecule has 15 heavy (non-hydrogen) atoms. The van der Waals surface area contributed by atoms with E-state index in [1.165, 1.54) is 4.68 Å². The number of phenols is 1. The molecule has 1 aromatic heterocycles. The van der Waals surface area contributed by atoms with Gasteiger partial charge in [0.1, 0.15) is 17.1 Å². The van der Waals surface area contributed by atoms with Gasteiger partial charge in [-0.15, -0.1) is 5.10 Å². The van der Waals surface area contributed by atoms with Gasteiger partial charge in [0.2, 0.25) is 0 Å². The molecule has 0 saturated carbocycles. The van der Waals surface area contributed by atoms with Crippen molar-refractivity contribution in [3.63, 3.8) is 0 Å². The van der Waals surface area contributed by atoms with Crippen LogP contribution >= 0.6 is 0 Å². The quantitative estimate of drug-likeness (QED) is 0.742. The molecule has 2 aromatic rings. The molecular weight excluding hydrogens is 194 g/mol. The zero-order valence-electron chi connectivity index (χ0n) is 8.08. The average Bonchev–Trinajstić information content (AvgIpc) is 2.60. The lowest BCUT2D eigenvalue weighted by Crippen LogP contribution is -1.99. The van der Waals surface area contributed by atoms with Gasteiger partial charge in [0.15, 0.2) is 6.29 Å². The lowest BCUT2D eigenvalue weighted by Gasteiger charge is -2.04. The number of aldehydes is 1. The van der Waals surface area contributed by atoms with Crippen LogP contribution in [-0.2, 0) is 0 Å². The zero-order valence-corrected chi connectivity index (χ0v) is 8.08. The van der Waals surface area contributed by atoms with E-state index in [0.717, 1.165) is 0 Å². The molecule has 2 rings (SSSR count). The van der Waals surface area contributed by atoms with Crippen molar-refractivity contribution in [2.75, 3.05) is 0 Å². The van der Waals surface area contributed by atoms with Crippen LogP contribution < -0.4 is 0 Å². The van der Waals surface area contributed by atoms with E-state index < -0.39 is 0 Å². The normalized spacial score (nSPS) is 10.2. The van der Waals surface area contributed by atoms with Gasteiger partial charge >= 0.3 is 0 Å². The largest absolute Gasteiger partial charge is 0.506 e. The molecule has 0 amide bonds. The summed E-state index contributed by atoms with van der Waals surface area (Å²) in [5.41, 5.74) is 1.39. The summed E-state index contributed by atoms with van der Waals surface area (Å²) < 4.78 is 1.43. The maximum atomic E-state index is 10.6. The smallest absolute Gasteiger partial charge is 0.172 e. The maximum absolute atomic E-state index is 10.6. The molecule has 0 spiro atoms. The molecule has 0 fully saturated rings. The van der Waals surface area contributed by atoms with E-state index in [1.54, 1.807) is 31.2 Å². The van der Waals surface area contributed by atoms with Gasteiger partial charge in [-0.25, -0.2) is 4.68 Å². The number of para-hydroxylation sites is 2. The molecule has 1 heterocycles. The van der Waals surface area contributed by atoms with Crippen molar-refractivity contribution < 1.29 is 9.90 Å². The third-order valence-electron chi connectivity index (χ3n) is 2.15. The fraction of sp³-hybridized carbons (Fsp3) is 0.100. The van der Waals surface area contributed by atoms with Crippen LogP contribution in [0.2, 0.25) is 0 Å². The Kier molecular flexibility index (Phi) is 2.21. The molecule has 0 aliphatic carbocycles. The first kappa shape index (κ1) is 9.39. The Labute approximate surface area is 86.0 Å². The summed E-state index contributed by atoms with van der Waals surface area (Å²) in [4.78, 5) is 10.6. The Bertz CT molecular complexity index is 505. The van der Waals surface area contributed by atoms with E-state index in [9.17, 15) is 9.90 Å². The van der Waals surface area contributed by atoms with Crippen molar-refractivity contribution in [1.29, 1.82) is 0 Å². The molecule has 0 bridgehead atoms. The minimum atomic E-state index is 0.1000. The Morgan fingerprint density at radius 3 is 2.73 bits per heavy atom. The van der Waals surface area contributed by atoms with E-state index in [1.807, 2.05) is 0 Å². The van der Waals surface area contributed by atoms with Gasteiger partial charge in [-0.3, -0.25) is 4.79 Å². The summed E-state index contributed by atoms with van der Waals surface area (Å²) in [5, 5.41) is 17.1. The number of aromatic nitrogens is 3. The zero-order chi connectivity index (χ0) is 10.8. The van der Waals surface area contributed by atoms with Crippen LogP contribution in [0.5, 0.6) is 5.75 Å². The molecule has 5 nitrogen and oxygen atoms in total. The van der Waals surface area contributed by atoms with Crippen molar-refractivity contribution in [2.45, 2.75) is 6.92 Å². The lowest BCUT2D eigenvalue weighted by molar-refractivity contribution is 0.111. The summed E-state index contributed by atoms with van der Waals surface area (Å²) in [6.07, 6.45) is 0.638. The third-order valence-corrected chi connectivity index (χ3v) is 2.15. The summed E-state index contributed by atoms with van der Waals surface area (Å²) in [6.45, 7) is 1.72. The van der Waals surface area contributed by atoms with Crippen LogP contribution in [0.15, 0.2) is 24.3 Å². The van der Waals surface area contributed by atoms with Gasteiger partial charge in [0.25, 0.3) is 0 Å². The first-order valence-corrected chi connectivity index (χ1v) is 4.40. The predicted molar refractivity (Wildman–Crippen MR) is 53.1 cm³/mol. The van der Waals surface area contributed by atoms with Crippen LogP contribution in [0.3, 0.4) is 0 Å². The molecule has 0 unspecified atom stereocenters. The molecule has 1 N–H and O–H groups in total. The number of rotatable bonds is 2. The number of nitrogens with zero attached hydrogens (tertiary/aromatic N) is 3. The lowest BCUT2D eigenvalue weighted by atomic mass is 10.3. The van der Waals surface area contributed by atoms with Gasteiger partial charge in [0, 0.05) is 0 Å². The third kappa shape index (κ3) is 1.48. The highest BCUT2D eigenvalue weighted by Gasteiger charge is 2.11. The summed E-state index contributed by atoms with van der Waals surface area (Å²) in [6, 6.07) is 6.74. The van der Waals surface area contributed by atoms with Crippen molar-refractivity contribution in [2.24, 2.45) is 0 Å². The fourth-order valence-electron chi connectivity index (χ4n) is 1.32. The predicted octanol–water partition coefficient (Wildman–Crippen LogP) is 1.09. The Morgan fingerprint density at radius 2 is 2.13 bits per heavy atom. The number of carbonyl (C=O) groups is 1. The van der Waals surface area contributed by atoms with Crippen LogP contribution in [0.1, 0.15) is 16.2 Å². The molecule has 0 saturated heterocycles. The van der Waals surface area contributed by atoms with Gasteiger partial charge in [-0.2, -0.15) is 0 Å². The van der Waals surface area contributed by atoms with Gasteiger partial charge in [-0.1, -0.05) is 17.3 Å². The van der Waals surface area contributed by atoms with E-state index in [0.29, 0.717) is 17.7 Å².